The molecule has 1 saturated heterocycles. The van der Waals surface area contributed by atoms with Crippen molar-refractivity contribution in [3.8, 4) is 11.8 Å². The van der Waals surface area contributed by atoms with E-state index >= 15 is 0 Å². The standard InChI is InChI=1S/C27H32N2O/c1-3-29-26(5-4-16-28-25-11-6-21(2)7-12-25)20-24-19-23(10-13-27(24)29)9-8-22-14-17-30-18-15-22/h6-7,10-13,19-20,22,28H,3,8-9,14-18H2,1-2H3. The highest BCUT2D eigenvalue weighted by atomic mass is 16.5. The Hall–Kier alpha value is -2.70. The van der Waals surface area contributed by atoms with Crippen molar-refractivity contribution >= 4 is 16.6 Å². The van der Waals surface area contributed by atoms with Crippen LogP contribution in [0.1, 0.15) is 43.0 Å². The Labute approximate surface area is 180 Å². The second-order valence-corrected chi connectivity index (χ2v) is 8.28. The van der Waals surface area contributed by atoms with Gasteiger partial charge in [0.15, 0.2) is 0 Å². The van der Waals surface area contributed by atoms with Crippen LogP contribution in [0.4, 0.5) is 5.69 Å². The second-order valence-electron chi connectivity index (χ2n) is 8.28. The maximum Gasteiger partial charge on any atom is 0.0931 e. The highest BCUT2D eigenvalue weighted by molar-refractivity contribution is 5.83. The summed E-state index contributed by atoms with van der Waals surface area (Å²) < 4.78 is 7.80. The highest BCUT2D eigenvalue weighted by Gasteiger charge is 2.14. The van der Waals surface area contributed by atoms with Crippen molar-refractivity contribution in [3.63, 3.8) is 0 Å². The van der Waals surface area contributed by atoms with E-state index in [4.69, 9.17) is 4.74 Å². The first kappa shape index (κ1) is 20.6. The summed E-state index contributed by atoms with van der Waals surface area (Å²) in [5.74, 6) is 7.48. The van der Waals surface area contributed by atoms with Gasteiger partial charge in [0.25, 0.3) is 0 Å². The fourth-order valence-electron chi connectivity index (χ4n) is 4.28. The zero-order chi connectivity index (χ0) is 20.8. The molecule has 0 spiro atoms. The molecule has 0 bridgehead atoms. The lowest BCUT2D eigenvalue weighted by atomic mass is 9.92. The van der Waals surface area contributed by atoms with Gasteiger partial charge in [-0.25, -0.2) is 0 Å². The van der Waals surface area contributed by atoms with E-state index in [1.165, 1.54) is 41.3 Å². The Balaban J connectivity index is 1.43. The number of rotatable bonds is 6. The number of fused-ring (bicyclic) bond motifs is 1. The average molecular weight is 401 g/mol. The van der Waals surface area contributed by atoms with Crippen molar-refractivity contribution in [2.45, 2.75) is 46.1 Å². The quantitative estimate of drug-likeness (QED) is 0.530. The number of benzene rings is 2. The number of aromatic nitrogens is 1. The first-order valence-corrected chi connectivity index (χ1v) is 11.2. The predicted molar refractivity (Wildman–Crippen MR) is 126 cm³/mol. The molecule has 1 N–H and O–H groups in total. The number of anilines is 1. The number of aryl methyl sites for hydroxylation is 3. The van der Waals surface area contributed by atoms with E-state index in [-0.39, 0.29) is 0 Å². The molecule has 0 amide bonds. The Morgan fingerprint density at radius 1 is 1.07 bits per heavy atom. The van der Waals surface area contributed by atoms with Gasteiger partial charge in [0.2, 0.25) is 0 Å². The van der Waals surface area contributed by atoms with Crippen molar-refractivity contribution in [3.05, 3.63) is 65.4 Å². The van der Waals surface area contributed by atoms with E-state index in [9.17, 15) is 0 Å². The molecule has 0 aliphatic carbocycles. The minimum absolute atomic E-state index is 0.644. The summed E-state index contributed by atoms with van der Waals surface area (Å²) in [5.41, 5.74) is 6.19. The third kappa shape index (κ3) is 5.07. The number of nitrogens with one attached hydrogen (secondary N) is 1. The van der Waals surface area contributed by atoms with E-state index in [0.29, 0.717) is 6.54 Å². The topological polar surface area (TPSA) is 26.2 Å². The van der Waals surface area contributed by atoms with Crippen molar-refractivity contribution in [2.75, 3.05) is 25.1 Å². The van der Waals surface area contributed by atoms with Crippen LogP contribution in [0.2, 0.25) is 0 Å². The summed E-state index contributed by atoms with van der Waals surface area (Å²) in [5, 5.41) is 4.68. The molecule has 0 radical (unpaired) electrons. The van der Waals surface area contributed by atoms with E-state index in [1.54, 1.807) is 0 Å². The van der Waals surface area contributed by atoms with Crippen LogP contribution < -0.4 is 5.32 Å². The monoisotopic (exact) mass is 400 g/mol. The fraction of sp³-hybridized carbons (Fsp3) is 0.407. The first-order chi connectivity index (χ1) is 14.7. The van der Waals surface area contributed by atoms with Crippen LogP contribution in [0.15, 0.2) is 48.5 Å². The van der Waals surface area contributed by atoms with Crippen molar-refractivity contribution in [1.82, 2.24) is 4.57 Å². The molecule has 2 heterocycles. The maximum atomic E-state index is 5.49. The third-order valence-corrected chi connectivity index (χ3v) is 6.11. The summed E-state index contributed by atoms with van der Waals surface area (Å²) in [4.78, 5) is 0. The number of ether oxygens (including phenoxy) is 1. The molecule has 0 saturated carbocycles. The molecule has 3 nitrogen and oxygen atoms in total. The minimum Gasteiger partial charge on any atom is -0.381 e. The van der Waals surface area contributed by atoms with Gasteiger partial charge in [-0.2, -0.15) is 0 Å². The SMILES string of the molecule is CCn1c(C#CCNc2ccc(C)cc2)cc2cc(CCC3CCOCC3)ccc21. The lowest BCUT2D eigenvalue weighted by molar-refractivity contribution is 0.0640. The number of hydrogen-bond donors (Lipinski definition) is 1. The van der Waals surface area contributed by atoms with Gasteiger partial charge in [-0.3, -0.25) is 0 Å². The molecule has 3 heteroatoms. The molecular formula is C27H32N2O. The second kappa shape index (κ2) is 9.87. The van der Waals surface area contributed by atoms with Gasteiger partial charge in [0.1, 0.15) is 0 Å². The van der Waals surface area contributed by atoms with Crippen molar-refractivity contribution in [2.24, 2.45) is 5.92 Å². The lowest BCUT2D eigenvalue weighted by Crippen LogP contribution is -2.16. The van der Waals surface area contributed by atoms with Gasteiger partial charge >= 0.3 is 0 Å². The number of nitrogens with zero attached hydrogens (tertiary/aromatic N) is 1. The third-order valence-electron chi connectivity index (χ3n) is 6.11. The fourth-order valence-corrected chi connectivity index (χ4v) is 4.28. The Kier molecular flexibility index (Phi) is 6.77. The van der Waals surface area contributed by atoms with Crippen LogP contribution in [-0.2, 0) is 17.7 Å². The smallest absolute Gasteiger partial charge is 0.0931 e. The molecule has 2 aromatic carbocycles. The molecule has 156 valence electrons. The summed E-state index contributed by atoms with van der Waals surface area (Å²) in [6.45, 7) is 7.73. The van der Waals surface area contributed by atoms with Crippen LogP contribution >= 0.6 is 0 Å². The lowest BCUT2D eigenvalue weighted by Gasteiger charge is -2.21. The molecule has 3 aromatic rings. The molecule has 4 rings (SSSR count). The van der Waals surface area contributed by atoms with Crippen molar-refractivity contribution in [1.29, 1.82) is 0 Å². The molecule has 30 heavy (non-hydrogen) atoms. The molecule has 0 unspecified atom stereocenters. The van der Waals surface area contributed by atoms with Crippen LogP contribution in [0.25, 0.3) is 10.9 Å². The maximum absolute atomic E-state index is 5.49. The Morgan fingerprint density at radius 2 is 1.87 bits per heavy atom. The zero-order valence-corrected chi connectivity index (χ0v) is 18.2. The van der Waals surface area contributed by atoms with Gasteiger partial charge in [-0.15, -0.1) is 0 Å². The molecule has 0 atom stereocenters. The normalized spacial score (nSPS) is 14.5. The van der Waals surface area contributed by atoms with E-state index in [2.05, 4.69) is 84.1 Å². The summed E-state index contributed by atoms with van der Waals surface area (Å²) >= 11 is 0. The van der Waals surface area contributed by atoms with Crippen LogP contribution in [0, 0.1) is 24.7 Å². The Bertz CT molecular complexity index is 1030. The van der Waals surface area contributed by atoms with Crippen LogP contribution in [-0.4, -0.2) is 24.3 Å². The van der Waals surface area contributed by atoms with E-state index < -0.39 is 0 Å². The summed E-state index contributed by atoms with van der Waals surface area (Å²) in [6.07, 6.45) is 4.84. The first-order valence-electron chi connectivity index (χ1n) is 11.2. The van der Waals surface area contributed by atoms with Crippen molar-refractivity contribution < 1.29 is 4.74 Å². The zero-order valence-electron chi connectivity index (χ0n) is 18.2. The minimum atomic E-state index is 0.644. The summed E-state index contributed by atoms with van der Waals surface area (Å²) in [6, 6.07) is 17.6. The molecule has 1 aliphatic rings. The predicted octanol–water partition coefficient (Wildman–Crippen LogP) is 5.79. The van der Waals surface area contributed by atoms with Gasteiger partial charge in [0, 0.05) is 36.3 Å². The average Bonchev–Trinajstić information content (AvgIpc) is 3.13. The molecule has 1 fully saturated rings. The summed E-state index contributed by atoms with van der Waals surface area (Å²) in [7, 11) is 0. The van der Waals surface area contributed by atoms with Crippen LogP contribution in [0.5, 0.6) is 0 Å². The number of hydrogen-bond acceptors (Lipinski definition) is 2. The largest absolute Gasteiger partial charge is 0.381 e. The highest BCUT2D eigenvalue weighted by Crippen LogP contribution is 2.25. The molecule has 1 aliphatic heterocycles. The van der Waals surface area contributed by atoms with Gasteiger partial charge < -0.3 is 14.6 Å². The molecule has 1 aromatic heterocycles. The van der Waals surface area contributed by atoms with E-state index in [0.717, 1.165) is 43.5 Å². The van der Waals surface area contributed by atoms with E-state index in [1.807, 2.05) is 0 Å². The van der Waals surface area contributed by atoms with Gasteiger partial charge in [-0.05, 0) is 87.3 Å². The molecular weight excluding hydrogens is 368 g/mol. The van der Waals surface area contributed by atoms with Gasteiger partial charge in [-0.1, -0.05) is 29.7 Å². The van der Waals surface area contributed by atoms with Gasteiger partial charge in [0.05, 0.1) is 12.2 Å². The Morgan fingerprint density at radius 3 is 2.63 bits per heavy atom. The van der Waals surface area contributed by atoms with Crippen LogP contribution in [0.3, 0.4) is 0 Å².